The first-order chi connectivity index (χ1) is 4.74. The fourth-order valence-corrected chi connectivity index (χ4v) is 1.04. The van der Waals surface area contributed by atoms with Crippen molar-refractivity contribution in [2.24, 2.45) is 11.7 Å². The zero-order valence-corrected chi connectivity index (χ0v) is 6.12. The molecule has 0 aromatic carbocycles. The number of allylic oxidation sites excluding steroid dienone is 2. The van der Waals surface area contributed by atoms with Gasteiger partial charge in [0, 0.05) is 6.54 Å². The molecule has 2 nitrogen and oxygen atoms in total. The van der Waals surface area contributed by atoms with Crippen LogP contribution in [0, 0.1) is 5.92 Å². The second-order valence-electron chi connectivity index (χ2n) is 2.64. The van der Waals surface area contributed by atoms with E-state index >= 15 is 0 Å². The van der Waals surface area contributed by atoms with Gasteiger partial charge >= 0.3 is 0 Å². The molecule has 56 valence electrons. The predicted octanol–water partition coefficient (Wildman–Crippen LogP) is 0.438. The largest absolute Gasteiger partial charge is 0.387 e. The number of hydrogen-bond donors (Lipinski definition) is 2. The van der Waals surface area contributed by atoms with E-state index in [-0.39, 0.29) is 0 Å². The third kappa shape index (κ3) is 1.46. The van der Waals surface area contributed by atoms with Crippen LogP contribution in [0.1, 0.15) is 6.92 Å². The molecule has 0 aliphatic heterocycles. The number of aliphatic hydroxyl groups is 1. The van der Waals surface area contributed by atoms with Crippen LogP contribution in [0.15, 0.2) is 23.8 Å². The molecule has 1 aliphatic rings. The summed E-state index contributed by atoms with van der Waals surface area (Å²) >= 11 is 0. The van der Waals surface area contributed by atoms with Crippen LogP contribution in [0.25, 0.3) is 0 Å². The smallest absolute Gasteiger partial charge is 0.0909 e. The van der Waals surface area contributed by atoms with Crippen molar-refractivity contribution in [2.75, 3.05) is 6.54 Å². The van der Waals surface area contributed by atoms with Crippen molar-refractivity contribution < 1.29 is 5.11 Å². The fourth-order valence-electron chi connectivity index (χ4n) is 1.04. The highest BCUT2D eigenvalue weighted by Crippen LogP contribution is 2.17. The van der Waals surface area contributed by atoms with Crippen LogP contribution in [0.2, 0.25) is 0 Å². The Kier molecular flexibility index (Phi) is 2.25. The fraction of sp³-hybridized carbons (Fsp3) is 0.500. The first-order valence-electron chi connectivity index (χ1n) is 3.52. The highest BCUT2D eigenvalue weighted by Gasteiger charge is 2.10. The molecule has 3 N–H and O–H groups in total. The van der Waals surface area contributed by atoms with Gasteiger partial charge in [0.1, 0.15) is 0 Å². The van der Waals surface area contributed by atoms with Crippen LogP contribution in [-0.2, 0) is 0 Å². The van der Waals surface area contributed by atoms with Crippen LogP contribution in [0.3, 0.4) is 0 Å². The highest BCUT2D eigenvalue weighted by atomic mass is 16.3. The molecule has 0 amide bonds. The third-order valence-corrected chi connectivity index (χ3v) is 1.66. The Morgan fingerprint density at radius 2 is 2.50 bits per heavy atom. The number of nitrogens with two attached hydrogens (primary N) is 1. The zero-order valence-electron chi connectivity index (χ0n) is 6.12. The summed E-state index contributed by atoms with van der Waals surface area (Å²) in [6.45, 7) is 2.38. The van der Waals surface area contributed by atoms with E-state index in [9.17, 15) is 5.11 Å². The van der Waals surface area contributed by atoms with Crippen molar-refractivity contribution in [2.45, 2.75) is 13.0 Å². The minimum Gasteiger partial charge on any atom is -0.387 e. The molecule has 0 radical (unpaired) electrons. The summed E-state index contributed by atoms with van der Waals surface area (Å²) in [5.41, 5.74) is 6.23. The Balaban J connectivity index is 2.58. The summed E-state index contributed by atoms with van der Waals surface area (Å²) in [5, 5.41) is 9.23. The summed E-state index contributed by atoms with van der Waals surface area (Å²) in [6, 6.07) is 0. The van der Waals surface area contributed by atoms with E-state index in [1.807, 2.05) is 18.2 Å². The van der Waals surface area contributed by atoms with Crippen LogP contribution in [0.5, 0.6) is 0 Å². The lowest BCUT2D eigenvalue weighted by molar-refractivity contribution is 0.223. The maximum Gasteiger partial charge on any atom is 0.0909 e. The first kappa shape index (κ1) is 7.51. The van der Waals surface area contributed by atoms with Crippen molar-refractivity contribution in [3.8, 4) is 0 Å². The van der Waals surface area contributed by atoms with Gasteiger partial charge in [-0.15, -0.1) is 0 Å². The van der Waals surface area contributed by atoms with E-state index < -0.39 is 6.10 Å². The molecule has 0 spiro atoms. The molecule has 0 saturated heterocycles. The summed E-state index contributed by atoms with van der Waals surface area (Å²) < 4.78 is 0. The molecule has 0 aromatic heterocycles. The average Bonchev–Trinajstić information content (AvgIpc) is 2.34. The molecule has 2 unspecified atom stereocenters. The van der Waals surface area contributed by atoms with E-state index in [1.165, 1.54) is 0 Å². The lowest BCUT2D eigenvalue weighted by Crippen LogP contribution is -2.20. The second-order valence-corrected chi connectivity index (χ2v) is 2.64. The van der Waals surface area contributed by atoms with E-state index in [2.05, 4.69) is 6.92 Å². The molecule has 2 heteroatoms. The molecule has 2 atom stereocenters. The predicted molar refractivity (Wildman–Crippen MR) is 41.4 cm³/mol. The van der Waals surface area contributed by atoms with Crippen molar-refractivity contribution in [3.05, 3.63) is 23.8 Å². The number of hydrogen-bond acceptors (Lipinski definition) is 2. The van der Waals surface area contributed by atoms with Gasteiger partial charge in [-0.2, -0.15) is 0 Å². The van der Waals surface area contributed by atoms with Gasteiger partial charge in [-0.1, -0.05) is 25.2 Å². The normalized spacial score (nSPS) is 26.7. The average molecular weight is 139 g/mol. The molecule has 0 saturated carbocycles. The van der Waals surface area contributed by atoms with Crippen LogP contribution in [-0.4, -0.2) is 17.8 Å². The van der Waals surface area contributed by atoms with Gasteiger partial charge in [0.05, 0.1) is 6.10 Å². The van der Waals surface area contributed by atoms with E-state index in [0.717, 1.165) is 5.57 Å². The van der Waals surface area contributed by atoms with E-state index in [0.29, 0.717) is 12.5 Å². The summed E-state index contributed by atoms with van der Waals surface area (Å²) in [5.74, 6) is 0.455. The molecule has 10 heavy (non-hydrogen) atoms. The number of aliphatic hydroxyl groups excluding tert-OH is 1. The maximum absolute atomic E-state index is 9.23. The second kappa shape index (κ2) is 2.99. The third-order valence-electron chi connectivity index (χ3n) is 1.66. The number of rotatable bonds is 2. The quantitative estimate of drug-likeness (QED) is 0.583. The molecule has 0 fully saturated rings. The Hall–Kier alpha value is -0.600. The van der Waals surface area contributed by atoms with Crippen molar-refractivity contribution >= 4 is 0 Å². The van der Waals surface area contributed by atoms with Crippen LogP contribution >= 0.6 is 0 Å². The zero-order chi connectivity index (χ0) is 7.56. The minimum absolute atomic E-state index is 0.308. The van der Waals surface area contributed by atoms with Gasteiger partial charge in [-0.25, -0.2) is 0 Å². The molecular weight excluding hydrogens is 126 g/mol. The van der Waals surface area contributed by atoms with Crippen LogP contribution in [0.4, 0.5) is 0 Å². The SMILES string of the molecule is CC1C=CC(C(O)CN)=C1. The van der Waals surface area contributed by atoms with Crippen molar-refractivity contribution in [1.29, 1.82) is 0 Å². The highest BCUT2D eigenvalue weighted by molar-refractivity contribution is 5.31. The van der Waals surface area contributed by atoms with Crippen molar-refractivity contribution in [3.63, 3.8) is 0 Å². The molecule has 0 aromatic rings. The Morgan fingerprint density at radius 3 is 2.90 bits per heavy atom. The van der Waals surface area contributed by atoms with Gasteiger partial charge in [-0.05, 0) is 11.5 Å². The van der Waals surface area contributed by atoms with Gasteiger partial charge in [-0.3, -0.25) is 0 Å². The first-order valence-corrected chi connectivity index (χ1v) is 3.52. The topological polar surface area (TPSA) is 46.2 Å². The minimum atomic E-state index is -0.471. The molecule has 0 heterocycles. The van der Waals surface area contributed by atoms with Gasteiger partial charge in [0.15, 0.2) is 0 Å². The molecule has 0 bridgehead atoms. The monoisotopic (exact) mass is 139 g/mol. The summed E-state index contributed by atoms with van der Waals surface area (Å²) in [7, 11) is 0. The Bertz CT molecular complexity index is 172. The van der Waals surface area contributed by atoms with E-state index in [4.69, 9.17) is 5.73 Å². The van der Waals surface area contributed by atoms with Crippen molar-refractivity contribution in [1.82, 2.24) is 0 Å². The molecule has 1 aliphatic carbocycles. The summed E-state index contributed by atoms with van der Waals surface area (Å²) in [6.07, 6.45) is 5.54. The van der Waals surface area contributed by atoms with Gasteiger partial charge < -0.3 is 10.8 Å². The molecular formula is C8H13NO. The van der Waals surface area contributed by atoms with Crippen LogP contribution < -0.4 is 5.73 Å². The maximum atomic E-state index is 9.23. The van der Waals surface area contributed by atoms with Gasteiger partial charge in [0.2, 0.25) is 0 Å². The molecule has 1 rings (SSSR count). The lowest BCUT2D eigenvalue weighted by atomic mass is 10.1. The van der Waals surface area contributed by atoms with E-state index in [1.54, 1.807) is 0 Å². The Morgan fingerprint density at radius 1 is 1.80 bits per heavy atom. The standard InChI is InChI=1S/C8H13NO/c1-6-2-3-7(4-6)8(10)5-9/h2-4,6,8,10H,5,9H2,1H3. The summed E-state index contributed by atoms with van der Waals surface area (Å²) in [4.78, 5) is 0. The lowest BCUT2D eigenvalue weighted by Gasteiger charge is -2.05. The van der Waals surface area contributed by atoms with Gasteiger partial charge in [0.25, 0.3) is 0 Å². The Labute approximate surface area is 61.0 Å².